The van der Waals surface area contributed by atoms with Gasteiger partial charge in [0.1, 0.15) is 5.82 Å². The van der Waals surface area contributed by atoms with E-state index in [1.54, 1.807) is 35.2 Å². The zero-order chi connectivity index (χ0) is 20.1. The number of hydrogen-bond donors (Lipinski definition) is 0. The Morgan fingerprint density at radius 3 is 2.61 bits per heavy atom. The van der Waals surface area contributed by atoms with Crippen LogP contribution in [0.25, 0.3) is 17.5 Å². The third-order valence-corrected chi connectivity index (χ3v) is 4.42. The van der Waals surface area contributed by atoms with Crippen molar-refractivity contribution in [2.75, 3.05) is 0 Å². The van der Waals surface area contributed by atoms with E-state index in [9.17, 15) is 9.18 Å². The fourth-order valence-corrected chi connectivity index (χ4v) is 2.81. The largest absolute Gasteiger partial charge is 0.419 e. The standard InChI is InChI=1S/C21H19ClFN3O2/c1-14(2)26(20(27)12-11-15-7-3-6-10-18(15)23)13-19-24-25-21(28-19)16-8-4-5-9-17(16)22/h3-12,14H,13H2,1-2H3/b12-11+. The van der Waals surface area contributed by atoms with Gasteiger partial charge in [0, 0.05) is 17.7 Å². The topological polar surface area (TPSA) is 59.2 Å². The average Bonchev–Trinajstić information content (AvgIpc) is 3.14. The van der Waals surface area contributed by atoms with Crippen LogP contribution in [0, 0.1) is 5.82 Å². The molecule has 0 atom stereocenters. The van der Waals surface area contributed by atoms with Crippen LogP contribution in [-0.2, 0) is 11.3 Å². The van der Waals surface area contributed by atoms with Crippen LogP contribution in [0.5, 0.6) is 0 Å². The van der Waals surface area contributed by atoms with Crippen molar-refractivity contribution < 1.29 is 13.6 Å². The van der Waals surface area contributed by atoms with E-state index in [1.165, 1.54) is 18.2 Å². The SMILES string of the molecule is CC(C)N(Cc1nnc(-c2ccccc2Cl)o1)C(=O)/C=C/c1ccccc1F. The molecule has 0 aliphatic rings. The van der Waals surface area contributed by atoms with E-state index >= 15 is 0 Å². The van der Waals surface area contributed by atoms with E-state index in [0.29, 0.717) is 22.0 Å². The summed E-state index contributed by atoms with van der Waals surface area (Å²) in [6, 6.07) is 13.3. The van der Waals surface area contributed by atoms with Crippen molar-refractivity contribution in [1.29, 1.82) is 0 Å². The van der Waals surface area contributed by atoms with Gasteiger partial charge in [-0.05, 0) is 38.1 Å². The van der Waals surface area contributed by atoms with E-state index in [0.717, 1.165) is 0 Å². The highest BCUT2D eigenvalue weighted by Crippen LogP contribution is 2.26. The third kappa shape index (κ3) is 4.64. The molecule has 7 heteroatoms. The van der Waals surface area contributed by atoms with Crippen LogP contribution in [0.1, 0.15) is 25.3 Å². The molecule has 5 nitrogen and oxygen atoms in total. The Kier molecular flexibility index (Phi) is 6.21. The number of hydrogen-bond acceptors (Lipinski definition) is 4. The van der Waals surface area contributed by atoms with Crippen molar-refractivity contribution >= 4 is 23.6 Å². The van der Waals surface area contributed by atoms with Gasteiger partial charge >= 0.3 is 0 Å². The summed E-state index contributed by atoms with van der Waals surface area (Å²) in [5.74, 6) is -0.0883. The average molecular weight is 400 g/mol. The summed E-state index contributed by atoms with van der Waals surface area (Å²) in [5, 5.41) is 8.54. The van der Waals surface area contributed by atoms with E-state index < -0.39 is 0 Å². The summed E-state index contributed by atoms with van der Waals surface area (Å²) >= 11 is 6.15. The number of amides is 1. The van der Waals surface area contributed by atoms with Crippen molar-refractivity contribution in [2.45, 2.75) is 26.4 Å². The molecule has 0 radical (unpaired) electrons. The van der Waals surface area contributed by atoms with Crippen molar-refractivity contribution in [3.8, 4) is 11.5 Å². The Bertz CT molecular complexity index is 1000. The van der Waals surface area contributed by atoms with Crippen LogP contribution in [0.2, 0.25) is 5.02 Å². The molecule has 1 heterocycles. The fourth-order valence-electron chi connectivity index (χ4n) is 2.59. The van der Waals surface area contributed by atoms with Gasteiger partial charge in [-0.2, -0.15) is 0 Å². The lowest BCUT2D eigenvalue weighted by molar-refractivity contribution is -0.128. The summed E-state index contributed by atoms with van der Waals surface area (Å²) in [6.07, 6.45) is 2.79. The normalized spacial score (nSPS) is 11.3. The second kappa shape index (κ2) is 8.80. The molecule has 0 aliphatic carbocycles. The summed E-state index contributed by atoms with van der Waals surface area (Å²) in [4.78, 5) is 14.2. The highest BCUT2D eigenvalue weighted by atomic mass is 35.5. The minimum absolute atomic E-state index is 0.117. The molecule has 2 aromatic carbocycles. The first kappa shape index (κ1) is 19.8. The second-order valence-electron chi connectivity index (χ2n) is 6.40. The third-order valence-electron chi connectivity index (χ3n) is 4.09. The molecule has 0 N–H and O–H groups in total. The van der Waals surface area contributed by atoms with Crippen LogP contribution in [0.4, 0.5) is 4.39 Å². The van der Waals surface area contributed by atoms with E-state index in [4.69, 9.17) is 16.0 Å². The molecule has 1 amide bonds. The second-order valence-corrected chi connectivity index (χ2v) is 6.80. The van der Waals surface area contributed by atoms with Crippen LogP contribution < -0.4 is 0 Å². The summed E-state index contributed by atoms with van der Waals surface area (Å²) in [5.41, 5.74) is 0.975. The highest BCUT2D eigenvalue weighted by Gasteiger charge is 2.19. The maximum atomic E-state index is 13.7. The molecule has 0 spiro atoms. The number of nitrogens with zero attached hydrogens (tertiary/aromatic N) is 3. The zero-order valence-corrected chi connectivity index (χ0v) is 16.2. The molecule has 28 heavy (non-hydrogen) atoms. The summed E-state index contributed by atoms with van der Waals surface area (Å²) in [6.45, 7) is 3.88. The van der Waals surface area contributed by atoms with Crippen LogP contribution in [-0.4, -0.2) is 27.0 Å². The van der Waals surface area contributed by atoms with Gasteiger partial charge in [-0.15, -0.1) is 10.2 Å². The van der Waals surface area contributed by atoms with Gasteiger partial charge in [-0.3, -0.25) is 4.79 Å². The summed E-state index contributed by atoms with van der Waals surface area (Å²) in [7, 11) is 0. The maximum Gasteiger partial charge on any atom is 0.249 e. The molecule has 0 saturated carbocycles. The number of benzene rings is 2. The number of carbonyl (C=O) groups is 1. The van der Waals surface area contributed by atoms with Crippen molar-refractivity contribution in [1.82, 2.24) is 15.1 Å². The predicted molar refractivity (Wildman–Crippen MR) is 106 cm³/mol. The Hall–Kier alpha value is -2.99. The number of halogens is 2. The first-order chi connectivity index (χ1) is 13.5. The van der Waals surface area contributed by atoms with Crippen LogP contribution >= 0.6 is 11.6 Å². The minimum Gasteiger partial charge on any atom is -0.419 e. The molecule has 144 valence electrons. The molecule has 0 fully saturated rings. The zero-order valence-electron chi connectivity index (χ0n) is 15.5. The summed E-state index contributed by atoms with van der Waals surface area (Å²) < 4.78 is 19.4. The lowest BCUT2D eigenvalue weighted by atomic mass is 10.2. The first-order valence-corrected chi connectivity index (χ1v) is 9.14. The van der Waals surface area contributed by atoms with E-state index in [2.05, 4.69) is 10.2 Å². The Labute approximate surface area is 167 Å². The molecule has 1 aromatic heterocycles. The molecule has 0 saturated heterocycles. The number of carbonyl (C=O) groups excluding carboxylic acids is 1. The maximum absolute atomic E-state index is 13.7. The van der Waals surface area contributed by atoms with Gasteiger partial charge in [-0.1, -0.05) is 41.9 Å². The number of rotatable bonds is 6. The van der Waals surface area contributed by atoms with E-state index in [-0.39, 0.29) is 30.2 Å². The van der Waals surface area contributed by atoms with Crippen molar-refractivity contribution in [3.63, 3.8) is 0 Å². The van der Waals surface area contributed by atoms with Gasteiger partial charge in [0.25, 0.3) is 0 Å². The predicted octanol–water partition coefficient (Wildman–Crippen LogP) is 4.98. The highest BCUT2D eigenvalue weighted by molar-refractivity contribution is 6.33. The molecule has 0 bridgehead atoms. The van der Waals surface area contributed by atoms with Crippen LogP contribution in [0.15, 0.2) is 59.0 Å². The fraction of sp³-hybridized carbons (Fsp3) is 0.190. The molecule has 3 rings (SSSR count). The van der Waals surface area contributed by atoms with Gasteiger partial charge in [-0.25, -0.2) is 4.39 Å². The smallest absolute Gasteiger partial charge is 0.249 e. The quantitative estimate of drug-likeness (QED) is 0.548. The van der Waals surface area contributed by atoms with E-state index in [1.807, 2.05) is 26.0 Å². The van der Waals surface area contributed by atoms with Gasteiger partial charge < -0.3 is 9.32 Å². The van der Waals surface area contributed by atoms with Crippen molar-refractivity contribution in [2.24, 2.45) is 0 Å². The molecular formula is C21H19ClFN3O2. The number of aromatic nitrogens is 2. The lowest BCUT2D eigenvalue weighted by Crippen LogP contribution is -2.35. The Morgan fingerprint density at radius 1 is 1.18 bits per heavy atom. The molecular weight excluding hydrogens is 381 g/mol. The minimum atomic E-state index is -0.385. The Morgan fingerprint density at radius 2 is 1.89 bits per heavy atom. The van der Waals surface area contributed by atoms with Crippen LogP contribution in [0.3, 0.4) is 0 Å². The monoisotopic (exact) mass is 399 g/mol. The molecule has 0 aliphatic heterocycles. The molecule has 3 aromatic rings. The van der Waals surface area contributed by atoms with Gasteiger partial charge in [0.15, 0.2) is 0 Å². The van der Waals surface area contributed by atoms with Gasteiger partial charge in [0.2, 0.25) is 17.7 Å². The Balaban J connectivity index is 1.76. The van der Waals surface area contributed by atoms with Gasteiger partial charge in [0.05, 0.1) is 17.1 Å². The first-order valence-electron chi connectivity index (χ1n) is 8.76. The molecule has 0 unspecified atom stereocenters. The lowest BCUT2D eigenvalue weighted by Gasteiger charge is -2.23. The van der Waals surface area contributed by atoms with Crippen molar-refractivity contribution in [3.05, 3.63) is 76.9 Å².